The number of methoxy groups -OCH3 is 1. The van der Waals surface area contributed by atoms with Crippen LogP contribution in [0.5, 0.6) is 5.75 Å². The van der Waals surface area contributed by atoms with Gasteiger partial charge in [0.25, 0.3) is 0 Å². The maximum Gasteiger partial charge on any atom is 0.120 e. The molecule has 3 heteroatoms. The summed E-state index contributed by atoms with van der Waals surface area (Å²) in [5, 5.41) is 0. The Kier molecular flexibility index (Phi) is 2.36. The summed E-state index contributed by atoms with van der Waals surface area (Å²) >= 11 is 3.56. The molecule has 0 spiro atoms. The Morgan fingerprint density at radius 3 is 2.40 bits per heavy atom. The minimum atomic E-state index is -0.182. The third kappa shape index (κ3) is 1.58. The highest BCUT2D eigenvalue weighted by atomic mass is 79.9. The van der Waals surface area contributed by atoms with Crippen LogP contribution < -0.4 is 10.5 Å². The van der Waals surface area contributed by atoms with Crippen molar-refractivity contribution in [3.63, 3.8) is 0 Å². The predicted octanol–water partition coefficient (Wildman–Crippen LogP) is 3.04. The second-order valence-corrected chi connectivity index (χ2v) is 5.73. The van der Waals surface area contributed by atoms with Crippen LogP contribution in [0.4, 0.5) is 0 Å². The zero-order chi connectivity index (χ0) is 11.3. The van der Waals surface area contributed by atoms with Crippen molar-refractivity contribution in [2.24, 2.45) is 11.1 Å². The first-order valence-corrected chi connectivity index (χ1v) is 5.83. The Morgan fingerprint density at radius 1 is 1.40 bits per heavy atom. The van der Waals surface area contributed by atoms with E-state index >= 15 is 0 Å². The van der Waals surface area contributed by atoms with Crippen LogP contribution in [0.1, 0.15) is 25.8 Å². The van der Waals surface area contributed by atoms with E-state index in [9.17, 15) is 0 Å². The minimum Gasteiger partial charge on any atom is -0.497 e. The lowest BCUT2D eigenvalue weighted by Gasteiger charge is -2.17. The first-order chi connectivity index (χ1) is 6.90. The number of nitrogens with two attached hydrogens (primary N) is 1. The molecule has 1 aromatic rings. The quantitative estimate of drug-likeness (QED) is 0.896. The van der Waals surface area contributed by atoms with Crippen LogP contribution in [0, 0.1) is 5.41 Å². The lowest BCUT2D eigenvalue weighted by atomic mass is 9.97. The van der Waals surface area contributed by atoms with Crippen molar-refractivity contribution in [1.82, 2.24) is 0 Å². The standard InChI is InChI=1S/C12H16BrNO/c1-11(2)7-12(11,14)9-5-4-8(15-3)6-10(9)13/h4-6H,7,14H2,1-3H3. The molecule has 0 heterocycles. The maximum absolute atomic E-state index is 6.37. The molecule has 82 valence electrons. The highest BCUT2D eigenvalue weighted by Crippen LogP contribution is 2.61. The third-order valence-electron chi connectivity index (χ3n) is 3.46. The van der Waals surface area contributed by atoms with Gasteiger partial charge in [-0.2, -0.15) is 0 Å². The highest BCUT2D eigenvalue weighted by Gasteiger charge is 2.60. The normalized spacial score (nSPS) is 27.5. The molecule has 1 saturated carbocycles. The Morgan fingerprint density at radius 2 is 2.00 bits per heavy atom. The van der Waals surface area contributed by atoms with E-state index in [-0.39, 0.29) is 11.0 Å². The van der Waals surface area contributed by atoms with E-state index in [0.29, 0.717) is 0 Å². The topological polar surface area (TPSA) is 35.2 Å². The molecule has 1 aliphatic carbocycles. The molecule has 15 heavy (non-hydrogen) atoms. The first-order valence-electron chi connectivity index (χ1n) is 5.04. The smallest absolute Gasteiger partial charge is 0.120 e. The molecular weight excluding hydrogens is 254 g/mol. The molecule has 0 aliphatic heterocycles. The molecule has 0 radical (unpaired) electrons. The second kappa shape index (κ2) is 3.22. The van der Waals surface area contributed by atoms with Crippen molar-refractivity contribution in [2.45, 2.75) is 25.8 Å². The molecule has 2 N–H and O–H groups in total. The van der Waals surface area contributed by atoms with Crippen LogP contribution in [0.15, 0.2) is 22.7 Å². The van der Waals surface area contributed by atoms with Crippen molar-refractivity contribution in [2.75, 3.05) is 7.11 Å². The van der Waals surface area contributed by atoms with Crippen LogP contribution in [0.25, 0.3) is 0 Å². The average Bonchev–Trinajstić information content (AvgIpc) is 2.66. The van der Waals surface area contributed by atoms with Crippen LogP contribution in [0.3, 0.4) is 0 Å². The van der Waals surface area contributed by atoms with Crippen LogP contribution >= 0.6 is 15.9 Å². The van der Waals surface area contributed by atoms with Crippen LogP contribution in [-0.4, -0.2) is 7.11 Å². The van der Waals surface area contributed by atoms with Gasteiger partial charge in [-0.3, -0.25) is 0 Å². The summed E-state index contributed by atoms with van der Waals surface area (Å²) in [6.07, 6.45) is 1.03. The van der Waals surface area contributed by atoms with Crippen molar-refractivity contribution in [3.05, 3.63) is 28.2 Å². The van der Waals surface area contributed by atoms with Gasteiger partial charge >= 0.3 is 0 Å². The molecule has 1 unspecified atom stereocenters. The monoisotopic (exact) mass is 269 g/mol. The van der Waals surface area contributed by atoms with Gasteiger partial charge in [-0.15, -0.1) is 0 Å². The molecular formula is C12H16BrNO. The third-order valence-corrected chi connectivity index (χ3v) is 4.12. The Labute approximate surface area is 98.9 Å². The Balaban J connectivity index is 2.39. The molecule has 1 fully saturated rings. The van der Waals surface area contributed by atoms with Gasteiger partial charge in [0.1, 0.15) is 5.75 Å². The van der Waals surface area contributed by atoms with Gasteiger partial charge in [0.2, 0.25) is 0 Å². The summed E-state index contributed by atoms with van der Waals surface area (Å²) in [7, 11) is 1.67. The second-order valence-electron chi connectivity index (χ2n) is 4.88. The van der Waals surface area contributed by atoms with E-state index in [0.717, 1.165) is 16.6 Å². The van der Waals surface area contributed by atoms with E-state index in [2.05, 4.69) is 35.8 Å². The van der Waals surface area contributed by atoms with Gasteiger partial charge in [0.15, 0.2) is 0 Å². The molecule has 0 aromatic heterocycles. The SMILES string of the molecule is COc1ccc(C2(N)CC2(C)C)c(Br)c1. The summed E-state index contributed by atoms with van der Waals surface area (Å²) in [4.78, 5) is 0. The fourth-order valence-corrected chi connectivity index (χ4v) is 2.81. The van der Waals surface area contributed by atoms with Crippen molar-refractivity contribution >= 4 is 15.9 Å². The molecule has 1 aromatic carbocycles. The number of halogens is 1. The number of hydrogen-bond acceptors (Lipinski definition) is 2. The van der Waals surface area contributed by atoms with Crippen molar-refractivity contribution < 1.29 is 4.74 Å². The summed E-state index contributed by atoms with van der Waals surface area (Å²) in [6, 6.07) is 5.99. The maximum atomic E-state index is 6.37. The van der Waals surface area contributed by atoms with Gasteiger partial charge in [0, 0.05) is 10.0 Å². The lowest BCUT2D eigenvalue weighted by Crippen LogP contribution is -2.25. The van der Waals surface area contributed by atoms with E-state index in [4.69, 9.17) is 10.5 Å². The Bertz CT molecular complexity index is 403. The zero-order valence-electron chi connectivity index (χ0n) is 9.30. The van der Waals surface area contributed by atoms with Crippen molar-refractivity contribution in [3.8, 4) is 5.75 Å². The number of hydrogen-bond donors (Lipinski definition) is 1. The van der Waals surface area contributed by atoms with Crippen molar-refractivity contribution in [1.29, 1.82) is 0 Å². The van der Waals surface area contributed by atoms with Gasteiger partial charge in [0.05, 0.1) is 7.11 Å². The van der Waals surface area contributed by atoms with E-state index in [1.807, 2.05) is 12.1 Å². The predicted molar refractivity (Wildman–Crippen MR) is 65.0 cm³/mol. The zero-order valence-corrected chi connectivity index (χ0v) is 10.9. The molecule has 0 bridgehead atoms. The molecule has 2 nitrogen and oxygen atoms in total. The number of benzene rings is 1. The summed E-state index contributed by atoms with van der Waals surface area (Å²) in [5.74, 6) is 0.854. The van der Waals surface area contributed by atoms with Gasteiger partial charge in [-0.25, -0.2) is 0 Å². The van der Waals surface area contributed by atoms with Gasteiger partial charge in [-0.05, 0) is 29.5 Å². The molecule has 0 amide bonds. The molecule has 1 aliphatic rings. The molecule has 1 atom stereocenters. The number of rotatable bonds is 2. The largest absolute Gasteiger partial charge is 0.497 e. The molecule has 2 rings (SSSR count). The first kappa shape index (κ1) is 11.0. The fourth-order valence-electron chi connectivity index (χ4n) is 2.10. The summed E-state index contributed by atoms with van der Waals surface area (Å²) in [6.45, 7) is 4.40. The minimum absolute atomic E-state index is 0.182. The molecule has 0 saturated heterocycles. The van der Waals surface area contributed by atoms with E-state index < -0.39 is 0 Å². The van der Waals surface area contributed by atoms with Crippen LogP contribution in [-0.2, 0) is 5.54 Å². The highest BCUT2D eigenvalue weighted by molar-refractivity contribution is 9.10. The van der Waals surface area contributed by atoms with E-state index in [1.54, 1.807) is 7.11 Å². The van der Waals surface area contributed by atoms with Gasteiger partial charge in [-0.1, -0.05) is 35.8 Å². The van der Waals surface area contributed by atoms with E-state index in [1.165, 1.54) is 5.56 Å². The van der Waals surface area contributed by atoms with Gasteiger partial charge < -0.3 is 10.5 Å². The fraction of sp³-hybridized carbons (Fsp3) is 0.500. The van der Waals surface area contributed by atoms with Crippen LogP contribution in [0.2, 0.25) is 0 Å². The lowest BCUT2D eigenvalue weighted by molar-refractivity contribution is 0.413. The number of ether oxygens (including phenoxy) is 1. The summed E-state index contributed by atoms with van der Waals surface area (Å²) < 4.78 is 6.20. The average molecular weight is 270 g/mol. The summed E-state index contributed by atoms with van der Waals surface area (Å²) in [5.41, 5.74) is 7.56. The Hall–Kier alpha value is -0.540.